The van der Waals surface area contributed by atoms with Crippen LogP contribution in [0.25, 0.3) is 6.08 Å². The summed E-state index contributed by atoms with van der Waals surface area (Å²) in [5, 5.41) is 0. The standard InChI is InChI=1S/C11H12O2S/c1-2-5-10-8-9-6-3-4-7-11(9)14(10,12)13/h3-4,6-8H,2,5H2,1H3. The zero-order valence-corrected chi connectivity index (χ0v) is 8.84. The highest BCUT2D eigenvalue weighted by molar-refractivity contribution is 7.95. The number of fused-ring (bicyclic) bond motifs is 1. The maximum Gasteiger partial charge on any atom is 0.203 e. The summed E-state index contributed by atoms with van der Waals surface area (Å²) in [7, 11) is -3.15. The van der Waals surface area contributed by atoms with Crippen LogP contribution in [0, 0.1) is 0 Å². The molecule has 1 heterocycles. The minimum absolute atomic E-state index is 0.462. The van der Waals surface area contributed by atoms with Crippen molar-refractivity contribution < 1.29 is 8.42 Å². The Morgan fingerprint density at radius 2 is 1.93 bits per heavy atom. The Morgan fingerprint density at radius 1 is 1.21 bits per heavy atom. The average Bonchev–Trinajstić information content (AvgIpc) is 2.41. The second-order valence-electron chi connectivity index (χ2n) is 3.40. The monoisotopic (exact) mass is 208 g/mol. The summed E-state index contributed by atoms with van der Waals surface area (Å²) in [6.45, 7) is 1.99. The van der Waals surface area contributed by atoms with E-state index in [1.54, 1.807) is 18.2 Å². The highest BCUT2D eigenvalue weighted by Crippen LogP contribution is 2.34. The largest absolute Gasteiger partial charge is 0.219 e. The molecule has 0 aromatic heterocycles. The number of benzene rings is 1. The summed E-state index contributed by atoms with van der Waals surface area (Å²) < 4.78 is 23.8. The number of rotatable bonds is 2. The topological polar surface area (TPSA) is 34.1 Å². The lowest BCUT2D eigenvalue weighted by Crippen LogP contribution is -1.99. The van der Waals surface area contributed by atoms with E-state index in [-0.39, 0.29) is 0 Å². The summed E-state index contributed by atoms with van der Waals surface area (Å²) in [5.41, 5.74) is 0.830. The molecule has 2 nitrogen and oxygen atoms in total. The van der Waals surface area contributed by atoms with Crippen LogP contribution in [0.3, 0.4) is 0 Å². The van der Waals surface area contributed by atoms with Crippen molar-refractivity contribution in [2.75, 3.05) is 0 Å². The minimum Gasteiger partial charge on any atom is -0.219 e. The fraction of sp³-hybridized carbons (Fsp3) is 0.273. The van der Waals surface area contributed by atoms with Crippen molar-refractivity contribution in [3.8, 4) is 0 Å². The fourth-order valence-electron chi connectivity index (χ4n) is 1.69. The smallest absolute Gasteiger partial charge is 0.203 e. The van der Waals surface area contributed by atoms with Crippen molar-refractivity contribution in [1.82, 2.24) is 0 Å². The maximum atomic E-state index is 11.9. The molecular formula is C11H12O2S. The Balaban J connectivity index is 2.57. The van der Waals surface area contributed by atoms with Gasteiger partial charge in [-0.05, 0) is 24.1 Å². The molecule has 0 fully saturated rings. The Hall–Kier alpha value is -1.09. The van der Waals surface area contributed by atoms with Crippen LogP contribution >= 0.6 is 0 Å². The fourth-order valence-corrected chi connectivity index (χ4v) is 3.42. The molecule has 1 aromatic carbocycles. The number of allylic oxidation sites excluding steroid dienone is 1. The van der Waals surface area contributed by atoms with Crippen molar-refractivity contribution in [2.24, 2.45) is 0 Å². The van der Waals surface area contributed by atoms with Crippen LogP contribution in [-0.4, -0.2) is 8.42 Å². The molecule has 0 bridgehead atoms. The molecule has 0 radical (unpaired) electrons. The SMILES string of the molecule is CCCC1=Cc2ccccc2S1(=O)=O. The highest BCUT2D eigenvalue weighted by Gasteiger charge is 2.27. The number of hydrogen-bond acceptors (Lipinski definition) is 2. The molecule has 0 aliphatic carbocycles. The van der Waals surface area contributed by atoms with E-state index in [0.717, 1.165) is 12.0 Å². The van der Waals surface area contributed by atoms with Crippen LogP contribution in [0.2, 0.25) is 0 Å². The van der Waals surface area contributed by atoms with Gasteiger partial charge in [-0.15, -0.1) is 0 Å². The number of sulfone groups is 1. The van der Waals surface area contributed by atoms with Gasteiger partial charge in [-0.3, -0.25) is 0 Å². The summed E-state index contributed by atoms with van der Waals surface area (Å²) in [4.78, 5) is 1.02. The summed E-state index contributed by atoms with van der Waals surface area (Å²) in [6, 6.07) is 7.14. The van der Waals surface area contributed by atoms with E-state index < -0.39 is 9.84 Å². The molecule has 0 spiro atoms. The third kappa shape index (κ3) is 1.28. The molecule has 1 aliphatic rings. The first-order valence-electron chi connectivity index (χ1n) is 4.71. The van der Waals surface area contributed by atoms with Gasteiger partial charge in [0.25, 0.3) is 0 Å². The summed E-state index contributed by atoms with van der Waals surface area (Å²) >= 11 is 0. The van der Waals surface area contributed by atoms with Gasteiger partial charge in [-0.1, -0.05) is 31.5 Å². The lowest BCUT2D eigenvalue weighted by atomic mass is 10.2. The Labute approximate surface area is 84.2 Å². The Morgan fingerprint density at radius 3 is 2.57 bits per heavy atom. The normalized spacial score (nSPS) is 17.6. The van der Waals surface area contributed by atoms with E-state index in [9.17, 15) is 8.42 Å². The zero-order valence-electron chi connectivity index (χ0n) is 8.03. The first-order chi connectivity index (χ1) is 6.66. The van der Waals surface area contributed by atoms with Crippen molar-refractivity contribution >= 4 is 15.9 Å². The summed E-state index contributed by atoms with van der Waals surface area (Å²) in [5.74, 6) is 0. The number of hydrogen-bond donors (Lipinski definition) is 0. The first kappa shape index (κ1) is 9.46. The molecule has 0 saturated heterocycles. The third-order valence-electron chi connectivity index (χ3n) is 2.37. The Kier molecular flexibility index (Phi) is 2.19. The highest BCUT2D eigenvalue weighted by atomic mass is 32.2. The molecule has 74 valence electrons. The maximum absolute atomic E-state index is 11.9. The molecule has 2 rings (SSSR count). The Bertz CT molecular complexity index is 484. The van der Waals surface area contributed by atoms with E-state index in [1.165, 1.54) is 0 Å². The zero-order chi connectivity index (χ0) is 10.2. The molecule has 0 atom stereocenters. The van der Waals surface area contributed by atoms with E-state index >= 15 is 0 Å². The van der Waals surface area contributed by atoms with E-state index in [1.807, 2.05) is 19.1 Å². The van der Waals surface area contributed by atoms with Gasteiger partial charge in [-0.2, -0.15) is 0 Å². The van der Waals surface area contributed by atoms with Crippen LogP contribution in [-0.2, 0) is 9.84 Å². The molecule has 14 heavy (non-hydrogen) atoms. The quantitative estimate of drug-likeness (QED) is 0.748. The lowest BCUT2D eigenvalue weighted by Gasteiger charge is -2.00. The molecule has 1 aliphatic heterocycles. The molecular weight excluding hydrogens is 196 g/mol. The van der Waals surface area contributed by atoms with Crippen LogP contribution < -0.4 is 0 Å². The van der Waals surface area contributed by atoms with Crippen molar-refractivity contribution in [1.29, 1.82) is 0 Å². The van der Waals surface area contributed by atoms with E-state index in [4.69, 9.17) is 0 Å². The van der Waals surface area contributed by atoms with Gasteiger partial charge in [0.05, 0.1) is 4.90 Å². The predicted molar refractivity (Wildman–Crippen MR) is 56.5 cm³/mol. The van der Waals surface area contributed by atoms with Gasteiger partial charge in [0.1, 0.15) is 0 Å². The van der Waals surface area contributed by atoms with Crippen molar-refractivity contribution in [3.63, 3.8) is 0 Å². The van der Waals surface area contributed by atoms with Gasteiger partial charge in [0.15, 0.2) is 0 Å². The first-order valence-corrected chi connectivity index (χ1v) is 6.19. The van der Waals surface area contributed by atoms with Gasteiger partial charge in [0, 0.05) is 4.91 Å². The van der Waals surface area contributed by atoms with Crippen molar-refractivity contribution in [2.45, 2.75) is 24.7 Å². The molecule has 1 aromatic rings. The molecule has 0 saturated carbocycles. The second kappa shape index (κ2) is 3.24. The van der Waals surface area contributed by atoms with Crippen LogP contribution in [0.15, 0.2) is 34.1 Å². The van der Waals surface area contributed by atoms with Gasteiger partial charge in [-0.25, -0.2) is 8.42 Å². The van der Waals surface area contributed by atoms with Crippen molar-refractivity contribution in [3.05, 3.63) is 34.7 Å². The van der Waals surface area contributed by atoms with Gasteiger partial charge in [0.2, 0.25) is 9.84 Å². The molecule has 3 heteroatoms. The molecule has 0 amide bonds. The lowest BCUT2D eigenvalue weighted by molar-refractivity contribution is 0.601. The minimum atomic E-state index is -3.15. The predicted octanol–water partition coefficient (Wildman–Crippen LogP) is 2.61. The average molecular weight is 208 g/mol. The van der Waals surface area contributed by atoms with Gasteiger partial charge >= 0.3 is 0 Å². The molecule has 0 unspecified atom stereocenters. The summed E-state index contributed by atoms with van der Waals surface area (Å²) in [6.07, 6.45) is 3.28. The van der Waals surface area contributed by atoms with Crippen LogP contribution in [0.1, 0.15) is 25.3 Å². The van der Waals surface area contributed by atoms with Gasteiger partial charge < -0.3 is 0 Å². The van der Waals surface area contributed by atoms with Crippen LogP contribution in [0.4, 0.5) is 0 Å². The third-order valence-corrected chi connectivity index (χ3v) is 4.33. The van der Waals surface area contributed by atoms with E-state index in [2.05, 4.69) is 0 Å². The van der Waals surface area contributed by atoms with Crippen LogP contribution in [0.5, 0.6) is 0 Å². The molecule has 0 N–H and O–H groups in total. The second-order valence-corrected chi connectivity index (χ2v) is 5.37. The van der Waals surface area contributed by atoms with E-state index in [0.29, 0.717) is 16.2 Å².